The molecule has 1 saturated heterocycles. The molecule has 1 aliphatic rings. The molecule has 0 bridgehead atoms. The third kappa shape index (κ3) is 3.77. The van der Waals surface area contributed by atoms with Gasteiger partial charge in [0.1, 0.15) is 6.61 Å². The number of non-ortho nitro benzene ring substituents is 1. The van der Waals surface area contributed by atoms with E-state index in [1.54, 1.807) is 7.11 Å². The molecule has 0 N–H and O–H groups in total. The molecule has 114 valence electrons. The van der Waals surface area contributed by atoms with Gasteiger partial charge < -0.3 is 14.2 Å². The van der Waals surface area contributed by atoms with Gasteiger partial charge in [-0.3, -0.25) is 10.1 Å². The second-order valence-electron chi connectivity index (χ2n) is 4.98. The monoisotopic (exact) mass is 295 g/mol. The molecule has 1 fully saturated rings. The molecule has 0 aliphatic carbocycles. The molecular weight excluding hydrogens is 278 g/mol. The first-order chi connectivity index (χ1) is 10.0. The number of esters is 1. The zero-order chi connectivity index (χ0) is 15.4. The fourth-order valence-electron chi connectivity index (χ4n) is 2.27. The first kappa shape index (κ1) is 15.4. The second-order valence-corrected chi connectivity index (χ2v) is 4.98. The Kier molecular flexibility index (Phi) is 4.87. The van der Waals surface area contributed by atoms with Gasteiger partial charge in [-0.1, -0.05) is 6.92 Å². The van der Waals surface area contributed by atoms with Gasteiger partial charge >= 0.3 is 5.97 Å². The van der Waals surface area contributed by atoms with Crippen LogP contribution in [0.25, 0.3) is 0 Å². The van der Waals surface area contributed by atoms with Crippen molar-refractivity contribution in [3.63, 3.8) is 0 Å². The van der Waals surface area contributed by atoms with Crippen molar-refractivity contribution >= 4 is 11.7 Å². The summed E-state index contributed by atoms with van der Waals surface area (Å²) < 4.78 is 15.9. The fraction of sp³-hybridized carbons (Fsp3) is 0.500. The van der Waals surface area contributed by atoms with Crippen molar-refractivity contribution in [2.24, 2.45) is 5.92 Å². The number of nitro groups is 1. The fourth-order valence-corrected chi connectivity index (χ4v) is 2.27. The van der Waals surface area contributed by atoms with E-state index in [0.717, 1.165) is 6.42 Å². The molecule has 7 heteroatoms. The number of carbonyl (C=O) groups excluding carboxylic acids is 1. The maximum absolute atomic E-state index is 11.8. The van der Waals surface area contributed by atoms with E-state index < -0.39 is 10.9 Å². The van der Waals surface area contributed by atoms with E-state index in [4.69, 9.17) is 14.2 Å². The number of nitrogens with zero attached hydrogens (tertiary/aromatic N) is 1. The average molecular weight is 295 g/mol. The summed E-state index contributed by atoms with van der Waals surface area (Å²) in [6.45, 7) is 2.15. The molecule has 1 heterocycles. The van der Waals surface area contributed by atoms with Crippen LogP contribution in [0.15, 0.2) is 24.3 Å². The number of benzene rings is 1. The Hall–Kier alpha value is -1.99. The molecule has 0 amide bonds. The van der Waals surface area contributed by atoms with E-state index in [1.807, 2.05) is 6.92 Å². The molecule has 7 nitrogen and oxygen atoms in total. The van der Waals surface area contributed by atoms with Crippen LogP contribution in [-0.2, 0) is 14.2 Å². The van der Waals surface area contributed by atoms with Gasteiger partial charge in [0.2, 0.25) is 0 Å². The largest absolute Gasteiger partial charge is 0.459 e. The number of hydrogen-bond acceptors (Lipinski definition) is 6. The summed E-state index contributed by atoms with van der Waals surface area (Å²) in [6, 6.07) is 5.28. The Labute approximate surface area is 122 Å². The first-order valence-electron chi connectivity index (χ1n) is 6.61. The Bertz CT molecular complexity index is 515. The van der Waals surface area contributed by atoms with Crippen LogP contribution < -0.4 is 0 Å². The topological polar surface area (TPSA) is 87.9 Å². The predicted octanol–water partition coefficient (Wildman–Crippen LogP) is 2.15. The number of nitro benzene ring substituents is 1. The van der Waals surface area contributed by atoms with Gasteiger partial charge in [-0.2, -0.15) is 0 Å². The minimum absolute atomic E-state index is 0.0672. The summed E-state index contributed by atoms with van der Waals surface area (Å²) in [5.41, 5.74) is 0.206. The summed E-state index contributed by atoms with van der Waals surface area (Å²) >= 11 is 0. The van der Waals surface area contributed by atoms with E-state index in [0.29, 0.717) is 0 Å². The lowest BCUT2D eigenvalue weighted by atomic mass is 10.1. The lowest BCUT2D eigenvalue weighted by Crippen LogP contribution is -2.20. The lowest BCUT2D eigenvalue weighted by molar-refractivity contribution is -0.384. The number of methoxy groups -OCH3 is 1. The minimum Gasteiger partial charge on any atom is -0.459 e. The summed E-state index contributed by atoms with van der Waals surface area (Å²) in [5.74, 6) is -0.278. The van der Waals surface area contributed by atoms with Crippen molar-refractivity contribution in [1.82, 2.24) is 0 Å². The Morgan fingerprint density at radius 2 is 2.10 bits per heavy atom. The van der Waals surface area contributed by atoms with Gasteiger partial charge in [-0.25, -0.2) is 4.79 Å². The van der Waals surface area contributed by atoms with Crippen LogP contribution in [0.3, 0.4) is 0 Å². The van der Waals surface area contributed by atoms with E-state index in [2.05, 4.69) is 0 Å². The zero-order valence-corrected chi connectivity index (χ0v) is 11.9. The van der Waals surface area contributed by atoms with Crippen molar-refractivity contribution in [2.45, 2.75) is 25.7 Å². The molecule has 0 spiro atoms. The van der Waals surface area contributed by atoms with E-state index in [1.165, 1.54) is 24.3 Å². The van der Waals surface area contributed by atoms with Gasteiger partial charge in [0, 0.05) is 25.2 Å². The highest BCUT2D eigenvalue weighted by atomic mass is 16.7. The predicted molar refractivity (Wildman–Crippen MR) is 72.8 cm³/mol. The van der Waals surface area contributed by atoms with E-state index in [9.17, 15) is 14.9 Å². The number of carbonyl (C=O) groups is 1. The first-order valence-corrected chi connectivity index (χ1v) is 6.61. The molecule has 0 aromatic heterocycles. The highest BCUT2D eigenvalue weighted by Gasteiger charge is 2.32. The molecular formula is C14H17NO6. The van der Waals surface area contributed by atoms with Gasteiger partial charge in [0.05, 0.1) is 16.6 Å². The van der Waals surface area contributed by atoms with Crippen LogP contribution in [0.2, 0.25) is 0 Å². The van der Waals surface area contributed by atoms with Crippen molar-refractivity contribution in [3.05, 3.63) is 39.9 Å². The lowest BCUT2D eigenvalue weighted by Gasteiger charge is -2.13. The molecule has 0 saturated carbocycles. The summed E-state index contributed by atoms with van der Waals surface area (Å²) in [4.78, 5) is 21.8. The third-order valence-corrected chi connectivity index (χ3v) is 3.37. The molecule has 3 unspecified atom stereocenters. The van der Waals surface area contributed by atoms with E-state index >= 15 is 0 Å². The third-order valence-electron chi connectivity index (χ3n) is 3.37. The molecule has 1 aromatic carbocycles. The van der Waals surface area contributed by atoms with Crippen molar-refractivity contribution < 1.29 is 23.9 Å². The quantitative estimate of drug-likeness (QED) is 0.470. The summed E-state index contributed by atoms with van der Waals surface area (Å²) in [7, 11) is 1.58. The standard InChI is InChI=1S/C14H17NO6/c1-9-7-12(21-14(9)19-2)8-20-13(16)10-3-5-11(6-4-10)15(17)18/h3-6,9,12,14H,7-8H2,1-2H3. The Morgan fingerprint density at radius 1 is 1.43 bits per heavy atom. The maximum Gasteiger partial charge on any atom is 0.338 e. The summed E-state index contributed by atoms with van der Waals surface area (Å²) in [6.07, 6.45) is 0.298. The van der Waals surface area contributed by atoms with Crippen LogP contribution in [0.1, 0.15) is 23.7 Å². The molecule has 21 heavy (non-hydrogen) atoms. The molecule has 0 radical (unpaired) electrons. The van der Waals surface area contributed by atoms with Crippen LogP contribution in [0.5, 0.6) is 0 Å². The Balaban J connectivity index is 1.86. The van der Waals surface area contributed by atoms with Gasteiger partial charge in [-0.15, -0.1) is 0 Å². The van der Waals surface area contributed by atoms with Crippen LogP contribution in [0.4, 0.5) is 5.69 Å². The highest BCUT2D eigenvalue weighted by molar-refractivity contribution is 5.89. The number of rotatable bonds is 5. The Morgan fingerprint density at radius 3 is 2.62 bits per heavy atom. The normalized spacial score (nSPS) is 24.8. The second kappa shape index (κ2) is 6.64. The van der Waals surface area contributed by atoms with E-state index in [-0.39, 0.29) is 36.2 Å². The van der Waals surface area contributed by atoms with Gasteiger partial charge in [0.15, 0.2) is 6.29 Å². The van der Waals surface area contributed by atoms with Crippen molar-refractivity contribution in [3.8, 4) is 0 Å². The van der Waals surface area contributed by atoms with Gasteiger partial charge in [0.25, 0.3) is 5.69 Å². The zero-order valence-electron chi connectivity index (χ0n) is 11.9. The minimum atomic E-state index is -0.526. The van der Waals surface area contributed by atoms with Gasteiger partial charge in [-0.05, 0) is 18.6 Å². The van der Waals surface area contributed by atoms with Crippen LogP contribution in [-0.4, -0.2) is 37.0 Å². The molecule has 1 aliphatic heterocycles. The summed E-state index contributed by atoms with van der Waals surface area (Å²) in [5, 5.41) is 10.5. The SMILES string of the molecule is COC1OC(COC(=O)c2ccc([N+](=O)[O-])cc2)CC1C. The van der Waals surface area contributed by atoms with Crippen LogP contribution >= 0.6 is 0 Å². The van der Waals surface area contributed by atoms with Crippen molar-refractivity contribution in [1.29, 1.82) is 0 Å². The molecule has 1 aromatic rings. The number of hydrogen-bond donors (Lipinski definition) is 0. The highest BCUT2D eigenvalue weighted by Crippen LogP contribution is 2.26. The molecule has 3 atom stereocenters. The van der Waals surface area contributed by atoms with Crippen LogP contribution in [0, 0.1) is 16.0 Å². The smallest absolute Gasteiger partial charge is 0.338 e. The molecule has 2 rings (SSSR count). The van der Waals surface area contributed by atoms with Crippen molar-refractivity contribution in [2.75, 3.05) is 13.7 Å². The average Bonchev–Trinajstić information content (AvgIpc) is 2.85. The number of ether oxygens (including phenoxy) is 3. The maximum atomic E-state index is 11.8.